The summed E-state index contributed by atoms with van der Waals surface area (Å²) in [5.74, 6) is 0.307. The lowest BCUT2D eigenvalue weighted by atomic mass is 10.3. The minimum absolute atomic E-state index is 0.0367. The predicted octanol–water partition coefficient (Wildman–Crippen LogP) is 3.34. The van der Waals surface area contributed by atoms with Gasteiger partial charge in [-0.05, 0) is 67.6 Å². The van der Waals surface area contributed by atoms with Crippen LogP contribution in [0.5, 0.6) is 17.2 Å². The van der Waals surface area contributed by atoms with Crippen LogP contribution in [0, 0.1) is 0 Å². The van der Waals surface area contributed by atoms with Crippen molar-refractivity contribution in [2.75, 3.05) is 19.0 Å². The highest BCUT2D eigenvalue weighted by Crippen LogP contribution is 2.22. The number of carbonyl (C=O) groups is 2. The fraction of sp³-hybridized carbons (Fsp3) is 0.167. The van der Waals surface area contributed by atoms with Crippen molar-refractivity contribution in [1.82, 2.24) is 4.72 Å². The quantitative estimate of drug-likeness (QED) is 0.424. The van der Waals surface area contributed by atoms with E-state index in [1.54, 1.807) is 24.3 Å². The molecule has 3 aromatic rings. The van der Waals surface area contributed by atoms with E-state index in [4.69, 9.17) is 14.2 Å². The number of hydrogen-bond acceptors (Lipinski definition) is 7. The second-order valence-corrected chi connectivity index (χ2v) is 8.83. The average molecular weight is 485 g/mol. The van der Waals surface area contributed by atoms with Crippen molar-refractivity contribution in [1.29, 1.82) is 0 Å². The Kier molecular flexibility index (Phi) is 8.23. The van der Waals surface area contributed by atoms with Crippen LogP contribution in [0.3, 0.4) is 0 Å². The molecule has 0 spiro atoms. The fourth-order valence-electron chi connectivity index (χ4n) is 2.79. The van der Waals surface area contributed by atoms with Gasteiger partial charge in [-0.15, -0.1) is 0 Å². The predicted molar refractivity (Wildman–Crippen MR) is 125 cm³/mol. The summed E-state index contributed by atoms with van der Waals surface area (Å²) in [7, 11) is -2.50. The number of sulfonamides is 1. The van der Waals surface area contributed by atoms with E-state index >= 15 is 0 Å². The number of benzene rings is 3. The second-order valence-electron chi connectivity index (χ2n) is 7.11. The Morgan fingerprint density at radius 2 is 1.44 bits per heavy atom. The van der Waals surface area contributed by atoms with E-state index in [1.165, 1.54) is 38.3 Å². The van der Waals surface area contributed by atoms with Gasteiger partial charge in [0.2, 0.25) is 10.0 Å². The lowest BCUT2D eigenvalue weighted by Crippen LogP contribution is -2.40. The summed E-state index contributed by atoms with van der Waals surface area (Å²) in [6.07, 6.45) is 0. The topological polar surface area (TPSA) is 120 Å². The molecule has 3 aromatic carbocycles. The zero-order valence-corrected chi connectivity index (χ0v) is 19.4. The lowest BCUT2D eigenvalue weighted by molar-refractivity contribution is -0.148. The molecule has 9 nitrogen and oxygen atoms in total. The molecule has 0 saturated carbocycles. The summed E-state index contributed by atoms with van der Waals surface area (Å²) >= 11 is 0. The molecular weight excluding hydrogens is 460 g/mol. The van der Waals surface area contributed by atoms with Crippen molar-refractivity contribution in [3.8, 4) is 17.2 Å². The number of para-hydroxylation sites is 1. The number of rotatable bonds is 10. The summed E-state index contributed by atoms with van der Waals surface area (Å²) < 4.78 is 42.7. The van der Waals surface area contributed by atoms with Gasteiger partial charge in [-0.25, -0.2) is 8.42 Å². The van der Waals surface area contributed by atoms with Gasteiger partial charge >= 0.3 is 5.97 Å². The highest BCUT2D eigenvalue weighted by molar-refractivity contribution is 7.89. The van der Waals surface area contributed by atoms with Gasteiger partial charge in [-0.3, -0.25) is 9.59 Å². The molecule has 3 rings (SSSR count). The maximum Gasteiger partial charge on any atom is 0.324 e. The van der Waals surface area contributed by atoms with Gasteiger partial charge < -0.3 is 19.5 Å². The molecule has 10 heteroatoms. The van der Waals surface area contributed by atoms with Crippen LogP contribution < -0.4 is 19.5 Å². The first-order chi connectivity index (χ1) is 16.3. The molecule has 0 radical (unpaired) electrons. The van der Waals surface area contributed by atoms with Gasteiger partial charge in [-0.1, -0.05) is 18.2 Å². The molecule has 1 atom stereocenters. The third kappa shape index (κ3) is 7.06. The van der Waals surface area contributed by atoms with E-state index in [0.717, 1.165) is 0 Å². The van der Waals surface area contributed by atoms with Crippen LogP contribution in [0.25, 0.3) is 0 Å². The number of amides is 1. The van der Waals surface area contributed by atoms with Crippen molar-refractivity contribution in [2.45, 2.75) is 17.9 Å². The third-order valence-electron chi connectivity index (χ3n) is 4.52. The smallest absolute Gasteiger partial charge is 0.324 e. The van der Waals surface area contributed by atoms with E-state index in [1.807, 2.05) is 30.3 Å². The van der Waals surface area contributed by atoms with Gasteiger partial charge in [0.25, 0.3) is 5.91 Å². The highest BCUT2D eigenvalue weighted by atomic mass is 32.2. The van der Waals surface area contributed by atoms with Crippen LogP contribution in [0.4, 0.5) is 5.69 Å². The number of ether oxygens (including phenoxy) is 3. The monoisotopic (exact) mass is 484 g/mol. The number of anilines is 1. The Hall–Kier alpha value is -3.89. The zero-order valence-electron chi connectivity index (χ0n) is 18.6. The molecule has 178 valence electrons. The van der Waals surface area contributed by atoms with Crippen LogP contribution >= 0.6 is 0 Å². The number of nitrogens with one attached hydrogen (secondary N) is 2. The minimum Gasteiger partial charge on any atom is -0.497 e. The van der Waals surface area contributed by atoms with Crippen LogP contribution in [0.1, 0.15) is 6.92 Å². The number of methoxy groups -OCH3 is 1. The Labute approximate surface area is 197 Å². The summed E-state index contributed by atoms with van der Waals surface area (Å²) in [5.41, 5.74) is 0.481. The van der Waals surface area contributed by atoms with Gasteiger partial charge in [0.05, 0.1) is 12.0 Å². The summed E-state index contributed by atoms with van der Waals surface area (Å²) in [5, 5.41) is 2.59. The van der Waals surface area contributed by atoms with Crippen LogP contribution in [0.15, 0.2) is 83.8 Å². The van der Waals surface area contributed by atoms with E-state index in [0.29, 0.717) is 22.9 Å². The zero-order chi connectivity index (χ0) is 24.6. The van der Waals surface area contributed by atoms with E-state index < -0.39 is 34.5 Å². The number of hydrogen-bond donors (Lipinski definition) is 2. The Morgan fingerprint density at radius 1 is 0.853 bits per heavy atom. The fourth-order valence-corrected chi connectivity index (χ4v) is 3.99. The number of carbonyl (C=O) groups excluding carboxylic acids is 2. The highest BCUT2D eigenvalue weighted by Gasteiger charge is 2.23. The van der Waals surface area contributed by atoms with Crippen molar-refractivity contribution in [3.63, 3.8) is 0 Å². The molecule has 34 heavy (non-hydrogen) atoms. The molecule has 2 N–H and O–H groups in total. The first kappa shape index (κ1) is 24.7. The van der Waals surface area contributed by atoms with Crippen molar-refractivity contribution >= 4 is 27.6 Å². The maximum atomic E-state index is 12.4. The van der Waals surface area contributed by atoms with Crippen LogP contribution in [-0.2, 0) is 24.3 Å². The molecule has 0 saturated heterocycles. The lowest BCUT2D eigenvalue weighted by Gasteiger charge is -2.14. The van der Waals surface area contributed by atoms with Gasteiger partial charge in [0.15, 0.2) is 6.61 Å². The molecule has 1 unspecified atom stereocenters. The Morgan fingerprint density at radius 3 is 2.06 bits per heavy atom. The first-order valence-electron chi connectivity index (χ1n) is 10.2. The van der Waals surface area contributed by atoms with E-state index in [2.05, 4.69) is 10.0 Å². The van der Waals surface area contributed by atoms with Crippen molar-refractivity contribution in [3.05, 3.63) is 78.9 Å². The standard InChI is InChI=1S/C24H24N2O7S/c1-17(26-34(29,30)22-14-12-19(31-2)13-15-22)24(28)32-16-23(27)25-18-8-10-21(11-9-18)33-20-6-4-3-5-7-20/h3-15,17,26H,16H2,1-2H3,(H,25,27). The number of esters is 1. The van der Waals surface area contributed by atoms with Crippen LogP contribution in [-0.4, -0.2) is 40.1 Å². The largest absolute Gasteiger partial charge is 0.497 e. The summed E-state index contributed by atoms with van der Waals surface area (Å²) in [4.78, 5) is 24.2. The van der Waals surface area contributed by atoms with Gasteiger partial charge in [-0.2, -0.15) is 4.72 Å². The molecule has 0 aliphatic heterocycles. The van der Waals surface area contributed by atoms with E-state index in [-0.39, 0.29) is 4.90 Å². The summed E-state index contributed by atoms with van der Waals surface area (Å²) in [6, 6.07) is 20.4. The van der Waals surface area contributed by atoms with Gasteiger partial charge in [0.1, 0.15) is 23.3 Å². The SMILES string of the molecule is COc1ccc(S(=O)(=O)NC(C)C(=O)OCC(=O)Nc2ccc(Oc3ccccc3)cc2)cc1. The third-order valence-corrected chi connectivity index (χ3v) is 6.07. The molecule has 0 bridgehead atoms. The first-order valence-corrected chi connectivity index (χ1v) is 11.7. The molecule has 0 aliphatic rings. The van der Waals surface area contributed by atoms with Crippen LogP contribution in [0.2, 0.25) is 0 Å². The molecule has 0 fully saturated rings. The van der Waals surface area contributed by atoms with Gasteiger partial charge in [0, 0.05) is 5.69 Å². The Bertz CT molecular complexity index is 1210. The Balaban J connectivity index is 1.46. The second kappa shape index (κ2) is 11.3. The summed E-state index contributed by atoms with van der Waals surface area (Å²) in [6.45, 7) is 0.752. The van der Waals surface area contributed by atoms with Crippen molar-refractivity contribution in [2.24, 2.45) is 0 Å². The van der Waals surface area contributed by atoms with E-state index in [9.17, 15) is 18.0 Å². The molecule has 0 heterocycles. The van der Waals surface area contributed by atoms with Crippen molar-refractivity contribution < 1.29 is 32.2 Å². The molecule has 0 aliphatic carbocycles. The average Bonchev–Trinajstić information content (AvgIpc) is 2.84. The molecule has 1 amide bonds. The molecule has 0 aromatic heterocycles. The minimum atomic E-state index is -3.96. The normalized spacial score (nSPS) is 11.8. The maximum absolute atomic E-state index is 12.4. The molecular formula is C24H24N2O7S.